The van der Waals surface area contributed by atoms with Crippen LogP contribution in [0.5, 0.6) is 28.7 Å². The average molecular weight is 508 g/mol. The molecule has 0 aromatic heterocycles. The number of hydrogen-bond acceptors (Lipinski definition) is 8. The Bertz CT molecular complexity index is 1280. The molecular weight excluding hydrogens is 474 g/mol. The molecular formula is C29H33NO7. The average Bonchev–Trinajstić information content (AvgIpc) is 2.89. The van der Waals surface area contributed by atoms with Gasteiger partial charge in [0.15, 0.2) is 0 Å². The predicted molar refractivity (Wildman–Crippen MR) is 138 cm³/mol. The maximum Gasteiger partial charge on any atom is 0.128 e. The molecule has 0 saturated carbocycles. The summed E-state index contributed by atoms with van der Waals surface area (Å²) < 4.78 is 23.4. The fourth-order valence-corrected chi connectivity index (χ4v) is 5.43. The molecule has 3 aromatic rings. The molecule has 37 heavy (non-hydrogen) atoms. The minimum absolute atomic E-state index is 0.191. The Kier molecular flexibility index (Phi) is 7.15. The van der Waals surface area contributed by atoms with E-state index in [4.69, 9.17) is 18.9 Å². The van der Waals surface area contributed by atoms with Gasteiger partial charge in [0.05, 0.1) is 39.6 Å². The first-order chi connectivity index (χ1) is 17.9. The van der Waals surface area contributed by atoms with Gasteiger partial charge in [-0.3, -0.25) is 0 Å². The summed E-state index contributed by atoms with van der Waals surface area (Å²) in [5.74, 6) is 1.90. The third-order valence-corrected chi connectivity index (χ3v) is 7.34. The van der Waals surface area contributed by atoms with E-state index in [1.54, 1.807) is 38.5 Å². The lowest BCUT2D eigenvalue weighted by atomic mass is 9.77. The van der Waals surface area contributed by atoms with Crippen molar-refractivity contribution in [1.82, 2.24) is 5.32 Å². The number of fused-ring (bicyclic) bond motifs is 2. The van der Waals surface area contributed by atoms with Gasteiger partial charge < -0.3 is 39.6 Å². The van der Waals surface area contributed by atoms with E-state index in [0.717, 1.165) is 16.7 Å². The molecule has 8 nitrogen and oxygen atoms in total. The second-order valence-corrected chi connectivity index (χ2v) is 9.62. The fourth-order valence-electron chi connectivity index (χ4n) is 5.43. The van der Waals surface area contributed by atoms with E-state index in [1.165, 1.54) is 0 Å². The van der Waals surface area contributed by atoms with Gasteiger partial charge in [-0.15, -0.1) is 0 Å². The topological polar surface area (TPSA) is 110 Å². The maximum atomic E-state index is 11.5. The zero-order chi connectivity index (χ0) is 26.1. The van der Waals surface area contributed by atoms with Gasteiger partial charge in [-0.1, -0.05) is 12.1 Å². The number of aromatic hydroxyl groups is 1. The van der Waals surface area contributed by atoms with E-state index >= 15 is 0 Å². The number of aliphatic hydroxyl groups is 2. The molecule has 196 valence electrons. The van der Waals surface area contributed by atoms with Crippen LogP contribution in [0.2, 0.25) is 0 Å². The predicted octanol–water partition coefficient (Wildman–Crippen LogP) is 3.50. The molecule has 0 radical (unpaired) electrons. The minimum atomic E-state index is -0.892. The smallest absolute Gasteiger partial charge is 0.128 e. The maximum absolute atomic E-state index is 11.5. The summed E-state index contributed by atoms with van der Waals surface area (Å²) in [5, 5.41) is 35.9. The summed E-state index contributed by atoms with van der Waals surface area (Å²) in [6.07, 6.45) is -1.25. The summed E-state index contributed by atoms with van der Waals surface area (Å²) in [7, 11) is 5.04. The van der Waals surface area contributed by atoms with Gasteiger partial charge >= 0.3 is 0 Å². The molecule has 0 amide bonds. The van der Waals surface area contributed by atoms with E-state index in [0.29, 0.717) is 47.1 Å². The number of benzene rings is 3. The van der Waals surface area contributed by atoms with Crippen LogP contribution in [0.3, 0.4) is 0 Å². The van der Waals surface area contributed by atoms with Crippen molar-refractivity contribution in [2.45, 2.75) is 25.2 Å². The third kappa shape index (κ3) is 4.80. The number of hydrogen-bond donors (Lipinski definition) is 4. The Hall–Kier alpha value is -3.46. The van der Waals surface area contributed by atoms with E-state index in [1.807, 2.05) is 31.3 Å². The van der Waals surface area contributed by atoms with E-state index in [-0.39, 0.29) is 19.0 Å². The minimum Gasteiger partial charge on any atom is -0.508 e. The summed E-state index contributed by atoms with van der Waals surface area (Å²) in [4.78, 5) is 0. The van der Waals surface area contributed by atoms with E-state index in [9.17, 15) is 15.3 Å². The number of phenols is 1. The second-order valence-electron chi connectivity index (χ2n) is 9.62. The molecule has 4 N–H and O–H groups in total. The zero-order valence-electron chi connectivity index (χ0n) is 21.2. The Morgan fingerprint density at radius 1 is 0.892 bits per heavy atom. The van der Waals surface area contributed by atoms with Crippen LogP contribution >= 0.6 is 0 Å². The molecule has 4 atom stereocenters. The highest BCUT2D eigenvalue weighted by atomic mass is 16.5. The molecule has 3 aromatic carbocycles. The first-order valence-electron chi connectivity index (χ1n) is 12.4. The molecule has 0 fully saturated rings. The highest BCUT2D eigenvalue weighted by Gasteiger charge is 2.43. The van der Waals surface area contributed by atoms with Crippen molar-refractivity contribution in [1.29, 1.82) is 0 Å². The van der Waals surface area contributed by atoms with Crippen LogP contribution in [0.1, 0.15) is 40.0 Å². The largest absolute Gasteiger partial charge is 0.508 e. The molecule has 2 aliphatic rings. The molecule has 5 rings (SSSR count). The Morgan fingerprint density at radius 2 is 1.65 bits per heavy atom. The van der Waals surface area contributed by atoms with Crippen molar-refractivity contribution in [3.63, 3.8) is 0 Å². The van der Waals surface area contributed by atoms with Crippen LogP contribution < -0.4 is 24.3 Å². The summed E-state index contributed by atoms with van der Waals surface area (Å²) >= 11 is 0. The lowest BCUT2D eigenvalue weighted by Gasteiger charge is -2.40. The molecule has 2 heterocycles. The van der Waals surface area contributed by atoms with Crippen molar-refractivity contribution >= 4 is 0 Å². The van der Waals surface area contributed by atoms with Crippen LogP contribution in [0.15, 0.2) is 48.5 Å². The van der Waals surface area contributed by atoms with Gasteiger partial charge in [-0.05, 0) is 49.0 Å². The Morgan fingerprint density at radius 3 is 2.35 bits per heavy atom. The molecule has 0 aliphatic carbocycles. The summed E-state index contributed by atoms with van der Waals surface area (Å²) in [6, 6.07) is 14.4. The van der Waals surface area contributed by atoms with Crippen molar-refractivity contribution in [2.24, 2.45) is 11.8 Å². The SMILES string of the molecule is CNCc1cc2c(cc1OC)C(O)C(C1COc3c(Cc4cccc(O)c4)cc(OC)cc3C1O)CO2. The molecule has 0 spiro atoms. The quantitative estimate of drug-likeness (QED) is 0.385. The number of ether oxygens (including phenoxy) is 4. The van der Waals surface area contributed by atoms with E-state index in [2.05, 4.69) is 5.32 Å². The number of methoxy groups -OCH3 is 2. The first kappa shape index (κ1) is 25.2. The zero-order valence-corrected chi connectivity index (χ0v) is 21.2. The van der Waals surface area contributed by atoms with Crippen molar-refractivity contribution in [3.8, 4) is 28.7 Å². The highest BCUT2D eigenvalue weighted by molar-refractivity contribution is 5.52. The molecule has 4 unspecified atom stereocenters. The van der Waals surface area contributed by atoms with Gasteiger partial charge in [0.2, 0.25) is 0 Å². The lowest BCUT2D eigenvalue weighted by molar-refractivity contribution is -0.0554. The lowest BCUT2D eigenvalue weighted by Crippen LogP contribution is -2.40. The Labute approximate surface area is 216 Å². The third-order valence-electron chi connectivity index (χ3n) is 7.34. The number of nitrogens with one attached hydrogen (secondary N) is 1. The standard InChI is InChI=1S/C29H33NO7/c1-30-13-18-10-26-21(12-25(18)35-3)27(32)23(14-36-26)24-15-37-29-17(7-16-5-4-6-19(31)8-16)9-20(34-2)11-22(29)28(24)33/h4-6,8-12,23-24,27-28,30-33H,7,13-15H2,1-3H3. The van der Waals surface area contributed by atoms with Gasteiger partial charge in [0.25, 0.3) is 0 Å². The van der Waals surface area contributed by atoms with Crippen LogP contribution in [0, 0.1) is 11.8 Å². The van der Waals surface area contributed by atoms with E-state index < -0.39 is 24.0 Å². The highest BCUT2D eigenvalue weighted by Crippen LogP contribution is 2.49. The van der Waals surface area contributed by atoms with Crippen LogP contribution in [0.25, 0.3) is 0 Å². The van der Waals surface area contributed by atoms with Gasteiger partial charge in [-0.2, -0.15) is 0 Å². The number of aliphatic hydroxyl groups excluding tert-OH is 2. The Balaban J connectivity index is 1.44. The monoisotopic (exact) mass is 507 g/mol. The number of rotatable bonds is 7. The second kappa shape index (κ2) is 10.5. The molecule has 2 aliphatic heterocycles. The van der Waals surface area contributed by atoms with Crippen molar-refractivity contribution in [3.05, 3.63) is 76.3 Å². The fraction of sp³-hybridized carbons (Fsp3) is 0.379. The molecule has 8 heteroatoms. The normalized spacial score (nSPS) is 22.3. The van der Waals surface area contributed by atoms with Crippen LogP contribution in [-0.4, -0.2) is 49.8 Å². The van der Waals surface area contributed by atoms with Crippen molar-refractivity contribution < 1.29 is 34.3 Å². The van der Waals surface area contributed by atoms with Crippen LogP contribution in [0.4, 0.5) is 0 Å². The molecule has 0 saturated heterocycles. The summed E-state index contributed by atoms with van der Waals surface area (Å²) in [5.41, 5.74) is 3.96. The van der Waals surface area contributed by atoms with Gasteiger partial charge in [0, 0.05) is 47.1 Å². The van der Waals surface area contributed by atoms with Gasteiger partial charge in [-0.25, -0.2) is 0 Å². The molecule has 0 bridgehead atoms. The number of phenolic OH excluding ortho intramolecular Hbond substituents is 1. The van der Waals surface area contributed by atoms with Crippen LogP contribution in [-0.2, 0) is 13.0 Å². The van der Waals surface area contributed by atoms with Gasteiger partial charge in [0.1, 0.15) is 28.7 Å². The first-order valence-corrected chi connectivity index (χ1v) is 12.4. The summed E-state index contributed by atoms with van der Waals surface area (Å²) in [6.45, 7) is 1.08. The van der Waals surface area contributed by atoms with Crippen molar-refractivity contribution in [2.75, 3.05) is 34.5 Å².